The first-order chi connectivity index (χ1) is 14.4. The zero-order valence-corrected chi connectivity index (χ0v) is 17.4. The number of ether oxygens (including phenoxy) is 1. The molecule has 0 saturated carbocycles. The fourth-order valence-corrected chi connectivity index (χ4v) is 2.99. The monoisotopic (exact) mass is 407 g/mol. The first kappa shape index (κ1) is 21.2. The van der Waals surface area contributed by atoms with Gasteiger partial charge in [0.05, 0.1) is 6.42 Å². The van der Waals surface area contributed by atoms with Crippen molar-refractivity contribution in [2.75, 3.05) is 11.5 Å². The van der Waals surface area contributed by atoms with E-state index in [0.717, 1.165) is 16.8 Å². The van der Waals surface area contributed by atoms with Crippen molar-refractivity contribution >= 4 is 17.6 Å². The van der Waals surface area contributed by atoms with E-state index in [2.05, 4.69) is 10.1 Å². The zero-order chi connectivity index (χ0) is 21.5. The van der Waals surface area contributed by atoms with Crippen LogP contribution in [0.4, 0.5) is 5.69 Å². The van der Waals surface area contributed by atoms with Gasteiger partial charge in [0.15, 0.2) is 6.61 Å². The highest BCUT2D eigenvalue weighted by molar-refractivity contribution is 5.95. The summed E-state index contributed by atoms with van der Waals surface area (Å²) in [5.41, 5.74) is 2.75. The predicted molar refractivity (Wildman–Crippen MR) is 113 cm³/mol. The van der Waals surface area contributed by atoms with Crippen LogP contribution in [0.25, 0.3) is 11.4 Å². The Morgan fingerprint density at radius 3 is 2.43 bits per heavy atom. The molecule has 1 aromatic heterocycles. The van der Waals surface area contributed by atoms with Crippen molar-refractivity contribution < 1.29 is 18.8 Å². The van der Waals surface area contributed by atoms with Crippen molar-refractivity contribution in [1.29, 1.82) is 0 Å². The first-order valence-electron chi connectivity index (χ1n) is 9.86. The Labute approximate surface area is 175 Å². The topological polar surface area (TPSA) is 85.5 Å². The van der Waals surface area contributed by atoms with Crippen LogP contribution in [0.2, 0.25) is 0 Å². The number of benzene rings is 2. The van der Waals surface area contributed by atoms with Gasteiger partial charge in [0.25, 0.3) is 5.91 Å². The Hall–Kier alpha value is -3.48. The Balaban J connectivity index is 1.50. The van der Waals surface area contributed by atoms with Crippen molar-refractivity contribution in [3.63, 3.8) is 0 Å². The normalized spacial score (nSPS) is 10.8. The number of nitrogens with zero attached hydrogens (tertiary/aromatic N) is 3. The van der Waals surface area contributed by atoms with E-state index >= 15 is 0 Å². The molecule has 7 nitrogen and oxygen atoms in total. The molecule has 0 N–H and O–H groups in total. The third-order valence-electron chi connectivity index (χ3n) is 4.50. The smallest absolute Gasteiger partial charge is 0.306 e. The predicted octanol–water partition coefficient (Wildman–Crippen LogP) is 3.96. The average Bonchev–Trinajstić information content (AvgIpc) is 3.21. The molecule has 0 unspecified atom stereocenters. The molecule has 0 aliphatic rings. The highest BCUT2D eigenvalue weighted by Crippen LogP contribution is 2.18. The minimum atomic E-state index is -0.491. The lowest BCUT2D eigenvalue weighted by Crippen LogP contribution is -2.39. The van der Waals surface area contributed by atoms with Gasteiger partial charge in [-0.2, -0.15) is 4.98 Å². The van der Waals surface area contributed by atoms with E-state index < -0.39 is 5.97 Å². The molecule has 0 aliphatic heterocycles. The molecule has 0 radical (unpaired) electrons. The maximum absolute atomic E-state index is 12.6. The van der Waals surface area contributed by atoms with E-state index in [-0.39, 0.29) is 31.4 Å². The van der Waals surface area contributed by atoms with Crippen LogP contribution in [-0.4, -0.2) is 34.7 Å². The standard InChI is InChI=1S/C23H25N3O4/c1-16(2)26(19-7-5-4-6-8-19)21(27)15-29-22(28)14-13-20-24-23(25-30-20)18-11-9-17(3)10-12-18/h4-12,16H,13-15H2,1-3H3. The summed E-state index contributed by atoms with van der Waals surface area (Å²) in [6, 6.07) is 17.0. The third-order valence-corrected chi connectivity index (χ3v) is 4.50. The number of carbonyl (C=O) groups excluding carboxylic acids is 2. The molecule has 156 valence electrons. The SMILES string of the molecule is Cc1ccc(-c2noc(CCC(=O)OCC(=O)N(c3ccccc3)C(C)C)n2)cc1. The lowest BCUT2D eigenvalue weighted by atomic mass is 10.1. The number of aromatic nitrogens is 2. The maximum atomic E-state index is 12.6. The summed E-state index contributed by atoms with van der Waals surface area (Å²) in [7, 11) is 0. The molecule has 0 saturated heterocycles. The molecule has 0 aliphatic carbocycles. The zero-order valence-electron chi connectivity index (χ0n) is 17.4. The molecule has 0 fully saturated rings. The van der Waals surface area contributed by atoms with Crippen molar-refractivity contribution in [2.24, 2.45) is 0 Å². The summed E-state index contributed by atoms with van der Waals surface area (Å²) in [5, 5.41) is 3.95. The fraction of sp³-hybridized carbons (Fsp3) is 0.304. The average molecular weight is 407 g/mol. The number of anilines is 1. The van der Waals surface area contributed by atoms with E-state index in [1.807, 2.05) is 75.4 Å². The van der Waals surface area contributed by atoms with Gasteiger partial charge in [-0.1, -0.05) is 53.2 Å². The molecule has 3 rings (SSSR count). The quantitative estimate of drug-likeness (QED) is 0.526. The number of esters is 1. The lowest BCUT2D eigenvalue weighted by Gasteiger charge is -2.26. The molecular formula is C23H25N3O4. The molecule has 0 atom stereocenters. The lowest BCUT2D eigenvalue weighted by molar-refractivity contribution is -0.148. The molecule has 3 aromatic rings. The van der Waals surface area contributed by atoms with Crippen LogP contribution in [-0.2, 0) is 20.7 Å². The van der Waals surface area contributed by atoms with Crippen molar-refractivity contribution in [2.45, 2.75) is 39.7 Å². The summed E-state index contributed by atoms with van der Waals surface area (Å²) in [6.45, 7) is 5.51. The van der Waals surface area contributed by atoms with Crippen molar-refractivity contribution in [3.8, 4) is 11.4 Å². The molecule has 30 heavy (non-hydrogen) atoms. The van der Waals surface area contributed by atoms with Crippen LogP contribution in [0.15, 0.2) is 59.1 Å². The molecule has 1 amide bonds. The number of hydrogen-bond acceptors (Lipinski definition) is 6. The van der Waals surface area contributed by atoms with Gasteiger partial charge < -0.3 is 14.2 Å². The van der Waals surface area contributed by atoms with Crippen LogP contribution in [0.1, 0.15) is 31.7 Å². The van der Waals surface area contributed by atoms with Gasteiger partial charge in [0.2, 0.25) is 11.7 Å². The number of rotatable bonds is 8. The second-order valence-electron chi connectivity index (χ2n) is 7.23. The second-order valence-corrected chi connectivity index (χ2v) is 7.23. The Morgan fingerprint density at radius 1 is 1.07 bits per heavy atom. The van der Waals surface area contributed by atoms with Crippen LogP contribution < -0.4 is 4.90 Å². The van der Waals surface area contributed by atoms with E-state index in [1.165, 1.54) is 0 Å². The summed E-state index contributed by atoms with van der Waals surface area (Å²) >= 11 is 0. The number of hydrogen-bond donors (Lipinski definition) is 0. The molecule has 2 aromatic carbocycles. The Morgan fingerprint density at radius 2 is 1.77 bits per heavy atom. The van der Waals surface area contributed by atoms with Gasteiger partial charge in [-0.05, 0) is 32.9 Å². The molecule has 7 heteroatoms. The van der Waals surface area contributed by atoms with E-state index in [9.17, 15) is 9.59 Å². The van der Waals surface area contributed by atoms with Crippen LogP contribution in [0, 0.1) is 6.92 Å². The van der Waals surface area contributed by atoms with Gasteiger partial charge in [-0.3, -0.25) is 9.59 Å². The number of amides is 1. The first-order valence-corrected chi connectivity index (χ1v) is 9.86. The van der Waals surface area contributed by atoms with Crippen LogP contribution in [0.3, 0.4) is 0 Å². The van der Waals surface area contributed by atoms with Crippen molar-refractivity contribution in [3.05, 3.63) is 66.1 Å². The Bertz CT molecular complexity index is 981. The molecular weight excluding hydrogens is 382 g/mol. The Kier molecular flexibility index (Phi) is 6.95. The number of aryl methyl sites for hydroxylation is 2. The summed E-state index contributed by atoms with van der Waals surface area (Å²) in [6.07, 6.45) is 0.300. The summed E-state index contributed by atoms with van der Waals surface area (Å²) in [4.78, 5) is 30.6. The van der Waals surface area contributed by atoms with E-state index in [0.29, 0.717) is 11.7 Å². The third kappa shape index (κ3) is 5.53. The van der Waals surface area contributed by atoms with Crippen molar-refractivity contribution in [1.82, 2.24) is 10.1 Å². The van der Waals surface area contributed by atoms with Crippen LogP contribution >= 0.6 is 0 Å². The number of carbonyl (C=O) groups is 2. The second kappa shape index (κ2) is 9.82. The minimum Gasteiger partial charge on any atom is -0.456 e. The molecule has 0 bridgehead atoms. The molecule has 0 spiro atoms. The minimum absolute atomic E-state index is 0.0514. The van der Waals surface area contributed by atoms with Gasteiger partial charge in [0, 0.05) is 23.7 Å². The fourth-order valence-electron chi connectivity index (χ4n) is 2.99. The largest absolute Gasteiger partial charge is 0.456 e. The number of para-hydroxylation sites is 1. The highest BCUT2D eigenvalue weighted by atomic mass is 16.5. The van der Waals surface area contributed by atoms with Crippen LogP contribution in [0.5, 0.6) is 0 Å². The van der Waals surface area contributed by atoms with Gasteiger partial charge >= 0.3 is 5.97 Å². The van der Waals surface area contributed by atoms with Gasteiger partial charge in [0.1, 0.15) is 0 Å². The van der Waals surface area contributed by atoms with Gasteiger partial charge in [-0.25, -0.2) is 0 Å². The maximum Gasteiger partial charge on any atom is 0.306 e. The molecule has 1 heterocycles. The van der Waals surface area contributed by atoms with Gasteiger partial charge in [-0.15, -0.1) is 0 Å². The highest BCUT2D eigenvalue weighted by Gasteiger charge is 2.20. The van der Waals surface area contributed by atoms with E-state index in [4.69, 9.17) is 9.26 Å². The van der Waals surface area contributed by atoms with E-state index in [1.54, 1.807) is 4.90 Å². The summed E-state index contributed by atoms with van der Waals surface area (Å²) in [5.74, 6) is 0.0603. The summed E-state index contributed by atoms with van der Waals surface area (Å²) < 4.78 is 10.4.